The smallest absolute Gasteiger partial charge is 0.207 e. The predicted molar refractivity (Wildman–Crippen MR) is 81.0 cm³/mol. The molecule has 0 amide bonds. The Labute approximate surface area is 130 Å². The third-order valence-corrected chi connectivity index (χ3v) is 5.88. The van der Waals surface area contributed by atoms with Crippen LogP contribution < -0.4 is 0 Å². The molecule has 1 unspecified atom stereocenters. The van der Waals surface area contributed by atoms with E-state index in [2.05, 4.69) is 22.4 Å². The molecule has 1 aliphatic rings. The fraction of sp³-hybridized carbons (Fsp3) is 0.500. The van der Waals surface area contributed by atoms with Crippen molar-refractivity contribution < 1.29 is 8.42 Å². The van der Waals surface area contributed by atoms with Crippen LogP contribution in [0.3, 0.4) is 0 Å². The number of piperidine rings is 1. The monoisotopic (exact) mass is 321 g/mol. The van der Waals surface area contributed by atoms with Gasteiger partial charge in [-0.15, -0.1) is 5.10 Å². The standard InChI is InChI=1S/C14H19N5O2S/c1-11-4-3-7-18(9-11)22(20,21)13-5-6-14(12(2)8-13)19-10-15-16-17-19/h5-6,8,10-11H,3-4,7,9H2,1-2H3. The summed E-state index contributed by atoms with van der Waals surface area (Å²) in [6.07, 6.45) is 3.49. The van der Waals surface area contributed by atoms with Crippen LogP contribution in [0.2, 0.25) is 0 Å². The van der Waals surface area contributed by atoms with Gasteiger partial charge in [-0.25, -0.2) is 13.1 Å². The summed E-state index contributed by atoms with van der Waals surface area (Å²) < 4.78 is 28.6. The molecule has 0 spiro atoms. The zero-order valence-electron chi connectivity index (χ0n) is 12.7. The number of sulfonamides is 1. The maximum atomic E-state index is 12.8. The molecule has 0 N–H and O–H groups in total. The van der Waals surface area contributed by atoms with Crippen molar-refractivity contribution in [3.05, 3.63) is 30.1 Å². The number of tetrazole rings is 1. The van der Waals surface area contributed by atoms with Crippen molar-refractivity contribution in [3.63, 3.8) is 0 Å². The topological polar surface area (TPSA) is 81.0 Å². The number of aromatic nitrogens is 4. The van der Waals surface area contributed by atoms with E-state index >= 15 is 0 Å². The van der Waals surface area contributed by atoms with E-state index in [4.69, 9.17) is 0 Å². The molecule has 1 aliphatic heterocycles. The zero-order chi connectivity index (χ0) is 15.7. The normalized spacial score (nSPS) is 20.2. The summed E-state index contributed by atoms with van der Waals surface area (Å²) in [6, 6.07) is 5.05. The maximum Gasteiger partial charge on any atom is 0.243 e. The Hall–Kier alpha value is -1.80. The Morgan fingerprint density at radius 1 is 1.32 bits per heavy atom. The first-order valence-corrected chi connectivity index (χ1v) is 8.76. The van der Waals surface area contributed by atoms with E-state index in [1.165, 1.54) is 11.0 Å². The van der Waals surface area contributed by atoms with Crippen LogP contribution in [0.1, 0.15) is 25.3 Å². The minimum Gasteiger partial charge on any atom is -0.207 e. The highest BCUT2D eigenvalue weighted by Crippen LogP contribution is 2.25. The van der Waals surface area contributed by atoms with E-state index < -0.39 is 10.0 Å². The van der Waals surface area contributed by atoms with Gasteiger partial charge in [0.25, 0.3) is 0 Å². The number of rotatable bonds is 3. The Kier molecular flexibility index (Phi) is 3.96. The molecule has 1 saturated heterocycles. The quantitative estimate of drug-likeness (QED) is 0.853. The molecule has 22 heavy (non-hydrogen) atoms. The molecule has 8 heteroatoms. The molecule has 0 bridgehead atoms. The van der Waals surface area contributed by atoms with E-state index in [1.54, 1.807) is 22.5 Å². The largest absolute Gasteiger partial charge is 0.243 e. The van der Waals surface area contributed by atoms with Crippen LogP contribution >= 0.6 is 0 Å². The van der Waals surface area contributed by atoms with Gasteiger partial charge < -0.3 is 0 Å². The molecule has 1 fully saturated rings. The van der Waals surface area contributed by atoms with Gasteiger partial charge in [0.1, 0.15) is 6.33 Å². The highest BCUT2D eigenvalue weighted by molar-refractivity contribution is 7.89. The predicted octanol–water partition coefficient (Wildman–Crippen LogP) is 1.39. The molecular weight excluding hydrogens is 302 g/mol. The van der Waals surface area contributed by atoms with Gasteiger partial charge in [0.2, 0.25) is 10.0 Å². The van der Waals surface area contributed by atoms with E-state index in [0.717, 1.165) is 24.1 Å². The lowest BCUT2D eigenvalue weighted by atomic mass is 10.0. The van der Waals surface area contributed by atoms with E-state index in [-0.39, 0.29) is 0 Å². The lowest BCUT2D eigenvalue weighted by Gasteiger charge is -2.30. The molecule has 0 radical (unpaired) electrons. The summed E-state index contributed by atoms with van der Waals surface area (Å²) in [5, 5.41) is 11.0. The highest BCUT2D eigenvalue weighted by atomic mass is 32.2. The summed E-state index contributed by atoms with van der Waals surface area (Å²) in [5.41, 5.74) is 1.59. The third-order valence-electron chi connectivity index (χ3n) is 4.02. The van der Waals surface area contributed by atoms with Crippen molar-refractivity contribution in [1.82, 2.24) is 24.5 Å². The Morgan fingerprint density at radius 3 is 2.77 bits per heavy atom. The molecule has 0 saturated carbocycles. The van der Waals surface area contributed by atoms with E-state index in [9.17, 15) is 8.42 Å². The Bertz CT molecular complexity index is 758. The van der Waals surface area contributed by atoms with Gasteiger partial charge in [0.05, 0.1) is 10.6 Å². The fourth-order valence-electron chi connectivity index (χ4n) is 2.83. The molecule has 1 aromatic carbocycles. The van der Waals surface area contributed by atoms with Crippen LogP contribution in [-0.2, 0) is 10.0 Å². The fourth-order valence-corrected chi connectivity index (χ4v) is 4.51. The molecule has 118 valence electrons. The average molecular weight is 321 g/mol. The van der Waals surface area contributed by atoms with Crippen molar-refractivity contribution in [2.75, 3.05) is 13.1 Å². The summed E-state index contributed by atoms with van der Waals surface area (Å²) in [6.45, 7) is 5.14. The second kappa shape index (κ2) is 5.77. The number of hydrogen-bond donors (Lipinski definition) is 0. The van der Waals surface area contributed by atoms with Crippen molar-refractivity contribution in [2.24, 2.45) is 5.92 Å². The van der Waals surface area contributed by atoms with Crippen LogP contribution in [0.4, 0.5) is 0 Å². The van der Waals surface area contributed by atoms with Crippen molar-refractivity contribution >= 4 is 10.0 Å². The number of benzene rings is 1. The third kappa shape index (κ3) is 2.76. The first-order chi connectivity index (χ1) is 10.5. The second-order valence-corrected chi connectivity index (χ2v) is 7.75. The van der Waals surface area contributed by atoms with Crippen molar-refractivity contribution in [1.29, 1.82) is 0 Å². The molecular formula is C14H19N5O2S. The highest BCUT2D eigenvalue weighted by Gasteiger charge is 2.28. The molecule has 3 rings (SSSR count). The van der Waals surface area contributed by atoms with E-state index in [1.807, 2.05) is 6.92 Å². The number of nitrogens with zero attached hydrogens (tertiary/aromatic N) is 5. The van der Waals surface area contributed by atoms with Gasteiger partial charge in [-0.3, -0.25) is 0 Å². The van der Waals surface area contributed by atoms with Gasteiger partial charge in [0, 0.05) is 13.1 Å². The lowest BCUT2D eigenvalue weighted by molar-refractivity contribution is 0.281. The van der Waals surface area contributed by atoms with Crippen molar-refractivity contribution in [3.8, 4) is 5.69 Å². The molecule has 1 atom stereocenters. The van der Waals surface area contributed by atoms with Crippen LogP contribution in [0.25, 0.3) is 5.69 Å². The summed E-state index contributed by atoms with van der Waals surface area (Å²) in [7, 11) is -3.43. The van der Waals surface area contributed by atoms with Gasteiger partial charge in [0.15, 0.2) is 0 Å². The Morgan fingerprint density at radius 2 is 2.14 bits per heavy atom. The minimum atomic E-state index is -3.43. The van der Waals surface area contributed by atoms with Crippen LogP contribution in [0.5, 0.6) is 0 Å². The molecule has 2 heterocycles. The van der Waals surface area contributed by atoms with Crippen LogP contribution in [0.15, 0.2) is 29.4 Å². The van der Waals surface area contributed by atoms with Gasteiger partial charge in [-0.05, 0) is 59.9 Å². The molecule has 2 aromatic rings. The maximum absolute atomic E-state index is 12.8. The zero-order valence-corrected chi connectivity index (χ0v) is 13.5. The molecule has 7 nitrogen and oxygen atoms in total. The summed E-state index contributed by atoms with van der Waals surface area (Å²) >= 11 is 0. The lowest BCUT2D eigenvalue weighted by Crippen LogP contribution is -2.39. The number of aryl methyl sites for hydroxylation is 1. The average Bonchev–Trinajstić information content (AvgIpc) is 3.01. The second-order valence-electron chi connectivity index (χ2n) is 5.81. The molecule has 0 aliphatic carbocycles. The first-order valence-electron chi connectivity index (χ1n) is 7.32. The SMILES string of the molecule is Cc1cc(S(=O)(=O)N2CCCC(C)C2)ccc1-n1cnnn1. The Balaban J connectivity index is 1.93. The van der Waals surface area contributed by atoms with Crippen LogP contribution in [-0.4, -0.2) is 46.0 Å². The van der Waals surface area contributed by atoms with Gasteiger partial charge in [-0.1, -0.05) is 6.92 Å². The van der Waals surface area contributed by atoms with E-state index in [0.29, 0.717) is 23.9 Å². The summed E-state index contributed by atoms with van der Waals surface area (Å²) in [4.78, 5) is 0.330. The number of hydrogen-bond acceptors (Lipinski definition) is 5. The van der Waals surface area contributed by atoms with Gasteiger partial charge in [-0.2, -0.15) is 4.31 Å². The van der Waals surface area contributed by atoms with Crippen LogP contribution in [0, 0.1) is 12.8 Å². The molecule has 1 aromatic heterocycles. The first kappa shape index (κ1) is 15.1. The minimum absolute atomic E-state index is 0.330. The van der Waals surface area contributed by atoms with Gasteiger partial charge >= 0.3 is 0 Å². The summed E-state index contributed by atoms with van der Waals surface area (Å²) in [5.74, 6) is 0.408. The van der Waals surface area contributed by atoms with Crippen molar-refractivity contribution in [2.45, 2.75) is 31.6 Å².